The van der Waals surface area contributed by atoms with Crippen LogP contribution in [0.3, 0.4) is 0 Å². The number of amides is 1. The zero-order valence-corrected chi connectivity index (χ0v) is 20.9. The maximum absolute atomic E-state index is 12.8. The number of phenolic OH excluding ortho intramolecular Hbond substituents is 1. The van der Waals surface area contributed by atoms with Gasteiger partial charge in [0.05, 0.1) is 10.6 Å². The number of amidine groups is 1. The fourth-order valence-corrected chi connectivity index (χ4v) is 4.93. The normalized spacial score (nSPS) is 17.7. The summed E-state index contributed by atoms with van der Waals surface area (Å²) in [4.78, 5) is 18.2. The number of rotatable bonds is 6. The second-order valence-corrected chi connectivity index (χ2v) is 10.0. The summed E-state index contributed by atoms with van der Waals surface area (Å²) in [5.41, 5.74) is 10.7. The van der Waals surface area contributed by atoms with Crippen LogP contribution in [0.1, 0.15) is 52.5 Å². The Bertz CT molecular complexity index is 1230. The highest BCUT2D eigenvalue weighted by Gasteiger charge is 2.35. The fourth-order valence-electron chi connectivity index (χ4n) is 4.31. The molecule has 1 amide bonds. The molecular formula is C27H31N3O3S. The van der Waals surface area contributed by atoms with Gasteiger partial charge in [-0.3, -0.25) is 4.79 Å². The number of aryl methyl sites for hydroxylation is 1. The second kappa shape index (κ2) is 9.50. The molecule has 3 aromatic rings. The molecular weight excluding hydrogens is 446 g/mol. The highest BCUT2D eigenvalue weighted by molar-refractivity contribution is 7.12. The van der Waals surface area contributed by atoms with Crippen molar-refractivity contribution in [2.45, 2.75) is 59.1 Å². The minimum Gasteiger partial charge on any atom is -0.507 e. The number of nitrogens with one attached hydrogen (secondary N) is 1. The first kappa shape index (κ1) is 23.8. The van der Waals surface area contributed by atoms with Crippen molar-refractivity contribution >= 4 is 28.8 Å². The van der Waals surface area contributed by atoms with E-state index in [0.29, 0.717) is 30.8 Å². The van der Waals surface area contributed by atoms with Crippen molar-refractivity contribution in [1.29, 1.82) is 0 Å². The maximum atomic E-state index is 12.8. The predicted octanol–water partition coefficient (Wildman–Crippen LogP) is 5.21. The monoisotopic (exact) mass is 477 g/mol. The van der Waals surface area contributed by atoms with Crippen LogP contribution in [0.2, 0.25) is 0 Å². The molecule has 178 valence electrons. The van der Waals surface area contributed by atoms with E-state index in [2.05, 4.69) is 10.3 Å². The molecule has 0 spiro atoms. The number of aromatic hydroxyl groups is 1. The molecule has 4 rings (SSSR count). The second-order valence-electron chi connectivity index (χ2n) is 9.05. The lowest BCUT2D eigenvalue weighted by atomic mass is 9.90. The predicted molar refractivity (Wildman–Crippen MR) is 137 cm³/mol. The lowest BCUT2D eigenvalue weighted by Crippen LogP contribution is -2.52. The quantitative estimate of drug-likeness (QED) is 0.335. The number of carbonyl (C=O) groups excluding carboxylic acids is 1. The van der Waals surface area contributed by atoms with E-state index in [9.17, 15) is 9.90 Å². The Morgan fingerprint density at radius 2 is 1.91 bits per heavy atom. The van der Waals surface area contributed by atoms with Crippen LogP contribution in [-0.4, -0.2) is 22.6 Å². The average Bonchev–Trinajstić information content (AvgIpc) is 3.36. The van der Waals surface area contributed by atoms with Crippen molar-refractivity contribution in [3.8, 4) is 11.5 Å². The van der Waals surface area contributed by atoms with Crippen LogP contribution in [0.15, 0.2) is 46.8 Å². The van der Waals surface area contributed by atoms with Crippen molar-refractivity contribution in [2.75, 3.05) is 0 Å². The number of fused-ring (bicyclic) bond motifs is 1. The van der Waals surface area contributed by atoms with Gasteiger partial charge in [-0.25, -0.2) is 4.99 Å². The third-order valence-corrected chi connectivity index (χ3v) is 7.42. The zero-order valence-electron chi connectivity index (χ0n) is 20.1. The highest BCUT2D eigenvalue weighted by atomic mass is 32.1. The maximum Gasteiger partial charge on any atom is 0.223 e. The van der Waals surface area contributed by atoms with Crippen molar-refractivity contribution in [2.24, 2.45) is 10.7 Å². The first-order valence-corrected chi connectivity index (χ1v) is 12.3. The Balaban J connectivity index is 1.36. The molecule has 7 heteroatoms. The van der Waals surface area contributed by atoms with Crippen molar-refractivity contribution in [1.82, 2.24) is 5.32 Å². The molecule has 1 atom stereocenters. The lowest BCUT2D eigenvalue weighted by molar-refractivity contribution is -0.127. The molecule has 34 heavy (non-hydrogen) atoms. The van der Waals surface area contributed by atoms with Crippen LogP contribution in [-0.2, 0) is 17.6 Å². The number of ether oxygens (including phenoxy) is 1. The van der Waals surface area contributed by atoms with Gasteiger partial charge in [0.25, 0.3) is 0 Å². The van der Waals surface area contributed by atoms with E-state index in [1.54, 1.807) is 11.3 Å². The summed E-state index contributed by atoms with van der Waals surface area (Å²) in [6.45, 7) is 7.66. The Morgan fingerprint density at radius 3 is 2.59 bits per heavy atom. The minimum atomic E-state index is -0.775. The molecule has 1 aliphatic rings. The van der Waals surface area contributed by atoms with Gasteiger partial charge in [0.1, 0.15) is 17.3 Å². The Labute approximate surface area is 204 Å². The molecule has 0 fully saturated rings. The number of nitrogens with zero attached hydrogens (tertiary/aromatic N) is 1. The zero-order chi connectivity index (χ0) is 24.5. The van der Waals surface area contributed by atoms with Crippen molar-refractivity contribution in [3.63, 3.8) is 0 Å². The van der Waals surface area contributed by atoms with Gasteiger partial charge in [-0.15, -0.1) is 11.3 Å². The molecule has 4 N–H and O–H groups in total. The third kappa shape index (κ3) is 4.94. The number of thiophene rings is 1. The van der Waals surface area contributed by atoms with Crippen LogP contribution >= 0.6 is 11.3 Å². The van der Waals surface area contributed by atoms with Gasteiger partial charge in [0.2, 0.25) is 5.91 Å². The van der Waals surface area contributed by atoms with Gasteiger partial charge < -0.3 is 20.9 Å². The van der Waals surface area contributed by atoms with E-state index >= 15 is 0 Å². The van der Waals surface area contributed by atoms with E-state index in [4.69, 9.17) is 10.5 Å². The number of benzene rings is 2. The SMILES string of the molecule is Cc1c(C)c2c(c(C)c1O)CCC(C)(NC(=O)CCc1ccc(N=C(N)c3cccs3)cc1)O2. The van der Waals surface area contributed by atoms with Gasteiger partial charge in [0.15, 0.2) is 5.72 Å². The van der Waals surface area contributed by atoms with E-state index in [1.165, 1.54) is 0 Å². The molecule has 0 radical (unpaired) electrons. The van der Waals surface area contributed by atoms with Gasteiger partial charge in [-0.05, 0) is 86.4 Å². The Kier molecular flexibility index (Phi) is 6.66. The van der Waals surface area contributed by atoms with Gasteiger partial charge in [-0.1, -0.05) is 18.2 Å². The highest BCUT2D eigenvalue weighted by Crippen LogP contribution is 2.42. The summed E-state index contributed by atoms with van der Waals surface area (Å²) in [7, 11) is 0. The van der Waals surface area contributed by atoms with Crippen LogP contribution in [0, 0.1) is 20.8 Å². The van der Waals surface area contributed by atoms with Crippen LogP contribution in [0.4, 0.5) is 5.69 Å². The number of nitrogens with two attached hydrogens (primary N) is 1. The number of hydrogen-bond acceptors (Lipinski definition) is 5. The summed E-state index contributed by atoms with van der Waals surface area (Å²) in [6, 6.07) is 11.7. The summed E-state index contributed by atoms with van der Waals surface area (Å²) < 4.78 is 6.30. The summed E-state index contributed by atoms with van der Waals surface area (Å²) >= 11 is 1.56. The van der Waals surface area contributed by atoms with Crippen LogP contribution in [0.5, 0.6) is 11.5 Å². The molecule has 0 saturated carbocycles. The van der Waals surface area contributed by atoms with E-state index < -0.39 is 5.72 Å². The molecule has 0 saturated heterocycles. The minimum absolute atomic E-state index is 0.0557. The van der Waals surface area contributed by atoms with Crippen molar-refractivity contribution < 1.29 is 14.6 Å². The van der Waals surface area contributed by atoms with Crippen LogP contribution in [0.25, 0.3) is 0 Å². The first-order chi connectivity index (χ1) is 16.2. The van der Waals surface area contributed by atoms with Gasteiger partial charge >= 0.3 is 0 Å². The number of hydrogen-bond donors (Lipinski definition) is 3. The first-order valence-electron chi connectivity index (χ1n) is 11.5. The molecule has 0 bridgehead atoms. The van der Waals surface area contributed by atoms with E-state index in [-0.39, 0.29) is 5.91 Å². The number of phenols is 1. The molecule has 1 aromatic heterocycles. The van der Waals surface area contributed by atoms with Crippen LogP contribution < -0.4 is 15.8 Å². The van der Waals surface area contributed by atoms with E-state index in [1.807, 2.05) is 69.5 Å². The third-order valence-electron chi connectivity index (χ3n) is 6.52. The number of aliphatic imine (C=N–C) groups is 1. The topological polar surface area (TPSA) is 96.9 Å². The van der Waals surface area contributed by atoms with E-state index in [0.717, 1.165) is 50.6 Å². The van der Waals surface area contributed by atoms with Gasteiger partial charge in [0, 0.05) is 18.4 Å². The Morgan fingerprint density at radius 1 is 1.18 bits per heavy atom. The Hall–Kier alpha value is -3.32. The summed E-state index contributed by atoms with van der Waals surface area (Å²) in [6.07, 6.45) is 2.36. The molecule has 6 nitrogen and oxygen atoms in total. The molecule has 2 aromatic carbocycles. The standard InChI is InChI=1S/C27H31N3O3S/c1-16-17(2)25-21(18(3)24(16)32)13-14-27(4,33-25)30-23(31)12-9-19-7-10-20(11-8-19)29-26(28)22-6-5-15-34-22/h5-8,10-11,15,32H,9,12-14H2,1-4H3,(H2,28,29)(H,30,31). The number of carbonyl (C=O) groups is 1. The largest absolute Gasteiger partial charge is 0.507 e. The van der Waals surface area contributed by atoms with Crippen molar-refractivity contribution in [3.05, 3.63) is 74.5 Å². The lowest BCUT2D eigenvalue weighted by Gasteiger charge is -2.38. The molecule has 1 unspecified atom stereocenters. The van der Waals surface area contributed by atoms with Gasteiger partial charge in [-0.2, -0.15) is 0 Å². The molecule has 1 aliphatic heterocycles. The average molecular weight is 478 g/mol. The smallest absolute Gasteiger partial charge is 0.223 e. The summed E-state index contributed by atoms with van der Waals surface area (Å²) in [5, 5.41) is 15.4. The molecule has 0 aliphatic carbocycles. The summed E-state index contributed by atoms with van der Waals surface area (Å²) in [5.74, 6) is 1.55. The molecule has 2 heterocycles. The fraction of sp³-hybridized carbons (Fsp3) is 0.333.